The molecule has 0 spiro atoms. The Balaban J connectivity index is 1.84. The second-order valence-electron chi connectivity index (χ2n) is 4.23. The summed E-state index contributed by atoms with van der Waals surface area (Å²) < 4.78 is 13.0. The number of aryl methyl sites for hydroxylation is 1. The Morgan fingerprint density at radius 3 is 3.10 bits per heavy atom. The normalized spacial score (nSPS) is 11.7. The number of ether oxygens (including phenoxy) is 1. The molecular formula is C13H14N4O2S. The molecule has 7 heteroatoms. The standard InChI is InChI=1S/C13H14N4O2S/c1-9-2-3-10(5-14)4-12(9)15-6-11(18)8-19-13-7-16-20-17-13/h2-4,7,11,15,18H,6,8H2,1H3. The van der Waals surface area contributed by atoms with Crippen molar-refractivity contribution in [1.29, 1.82) is 5.26 Å². The lowest BCUT2D eigenvalue weighted by Gasteiger charge is -2.14. The molecule has 0 aliphatic carbocycles. The van der Waals surface area contributed by atoms with Gasteiger partial charge in [-0.15, -0.1) is 4.37 Å². The molecule has 2 rings (SSSR count). The first kappa shape index (κ1) is 14.2. The number of rotatable bonds is 6. The van der Waals surface area contributed by atoms with Crippen LogP contribution in [-0.2, 0) is 0 Å². The van der Waals surface area contributed by atoms with Gasteiger partial charge in [0.2, 0.25) is 5.88 Å². The Labute approximate surface area is 121 Å². The van der Waals surface area contributed by atoms with E-state index < -0.39 is 6.10 Å². The van der Waals surface area contributed by atoms with Gasteiger partial charge in [-0.25, -0.2) is 0 Å². The Morgan fingerprint density at radius 1 is 1.55 bits per heavy atom. The van der Waals surface area contributed by atoms with Gasteiger partial charge in [0.1, 0.15) is 18.9 Å². The summed E-state index contributed by atoms with van der Waals surface area (Å²) in [5.41, 5.74) is 2.43. The first-order valence-corrected chi connectivity index (χ1v) is 6.75. The molecule has 20 heavy (non-hydrogen) atoms. The predicted molar refractivity (Wildman–Crippen MR) is 75.8 cm³/mol. The van der Waals surface area contributed by atoms with Gasteiger partial charge in [-0.1, -0.05) is 6.07 Å². The van der Waals surface area contributed by atoms with Crippen LogP contribution in [0.5, 0.6) is 5.88 Å². The summed E-state index contributed by atoms with van der Waals surface area (Å²) in [5.74, 6) is 0.414. The van der Waals surface area contributed by atoms with Crippen molar-refractivity contribution in [1.82, 2.24) is 8.75 Å². The zero-order valence-corrected chi connectivity index (χ0v) is 11.7. The van der Waals surface area contributed by atoms with Crippen LogP contribution in [0.3, 0.4) is 0 Å². The molecule has 0 bridgehead atoms. The summed E-state index contributed by atoms with van der Waals surface area (Å²) in [6.45, 7) is 2.40. The average molecular weight is 290 g/mol. The first-order chi connectivity index (χ1) is 9.69. The van der Waals surface area contributed by atoms with Crippen LogP contribution in [0.25, 0.3) is 0 Å². The Bertz CT molecular complexity index is 595. The summed E-state index contributed by atoms with van der Waals surface area (Å²) in [6.07, 6.45) is 0.826. The molecule has 104 valence electrons. The molecule has 1 unspecified atom stereocenters. The van der Waals surface area contributed by atoms with Crippen LogP contribution in [-0.4, -0.2) is 33.1 Å². The Morgan fingerprint density at radius 2 is 2.40 bits per heavy atom. The molecule has 1 aromatic heterocycles. The van der Waals surface area contributed by atoms with Crippen molar-refractivity contribution in [3.8, 4) is 11.9 Å². The van der Waals surface area contributed by atoms with E-state index in [0.29, 0.717) is 18.0 Å². The van der Waals surface area contributed by atoms with Crippen LogP contribution in [0.2, 0.25) is 0 Å². The van der Waals surface area contributed by atoms with Crippen LogP contribution < -0.4 is 10.1 Å². The van der Waals surface area contributed by atoms with Crippen molar-refractivity contribution in [2.75, 3.05) is 18.5 Å². The summed E-state index contributed by atoms with van der Waals surface area (Å²) in [6, 6.07) is 7.47. The summed E-state index contributed by atoms with van der Waals surface area (Å²) in [7, 11) is 0. The fourth-order valence-electron chi connectivity index (χ4n) is 1.57. The van der Waals surface area contributed by atoms with Crippen LogP contribution >= 0.6 is 11.7 Å². The quantitative estimate of drug-likeness (QED) is 0.839. The molecule has 0 saturated heterocycles. The number of aliphatic hydroxyl groups is 1. The zero-order valence-electron chi connectivity index (χ0n) is 10.9. The first-order valence-electron chi connectivity index (χ1n) is 6.02. The van der Waals surface area contributed by atoms with Crippen LogP contribution in [0.15, 0.2) is 24.4 Å². The largest absolute Gasteiger partial charge is 0.473 e. The highest BCUT2D eigenvalue weighted by Gasteiger charge is 2.08. The lowest BCUT2D eigenvalue weighted by molar-refractivity contribution is 0.115. The molecular weight excluding hydrogens is 276 g/mol. The molecule has 0 aliphatic heterocycles. The van der Waals surface area contributed by atoms with E-state index in [2.05, 4.69) is 20.1 Å². The van der Waals surface area contributed by atoms with Crippen molar-refractivity contribution < 1.29 is 9.84 Å². The molecule has 1 heterocycles. The summed E-state index contributed by atoms with van der Waals surface area (Å²) >= 11 is 1.05. The van der Waals surface area contributed by atoms with E-state index in [-0.39, 0.29) is 6.61 Å². The molecule has 6 nitrogen and oxygen atoms in total. The van der Waals surface area contributed by atoms with Crippen molar-refractivity contribution in [3.05, 3.63) is 35.5 Å². The zero-order chi connectivity index (χ0) is 14.4. The van der Waals surface area contributed by atoms with Gasteiger partial charge in [-0.3, -0.25) is 0 Å². The minimum Gasteiger partial charge on any atom is -0.473 e. The Hall–Kier alpha value is -2.17. The fourth-order valence-corrected chi connectivity index (χ4v) is 1.93. The van der Waals surface area contributed by atoms with Gasteiger partial charge in [0.25, 0.3) is 0 Å². The number of hydrogen-bond acceptors (Lipinski definition) is 7. The van der Waals surface area contributed by atoms with E-state index in [1.807, 2.05) is 13.0 Å². The number of nitrogens with one attached hydrogen (secondary N) is 1. The molecule has 0 aliphatic rings. The van der Waals surface area contributed by atoms with Crippen LogP contribution in [0, 0.1) is 18.3 Å². The van der Waals surface area contributed by atoms with E-state index in [1.54, 1.807) is 12.1 Å². The monoisotopic (exact) mass is 290 g/mol. The van der Waals surface area contributed by atoms with E-state index >= 15 is 0 Å². The van der Waals surface area contributed by atoms with Gasteiger partial charge < -0.3 is 15.2 Å². The molecule has 0 amide bonds. The maximum Gasteiger partial charge on any atom is 0.245 e. The second-order valence-corrected chi connectivity index (χ2v) is 4.79. The molecule has 2 N–H and O–H groups in total. The van der Waals surface area contributed by atoms with Crippen molar-refractivity contribution >= 4 is 17.4 Å². The van der Waals surface area contributed by atoms with Gasteiger partial charge in [-0.05, 0) is 24.6 Å². The average Bonchev–Trinajstić information content (AvgIpc) is 2.97. The summed E-state index contributed by atoms with van der Waals surface area (Å²) in [5, 5.41) is 21.8. The smallest absolute Gasteiger partial charge is 0.245 e. The molecule has 1 atom stereocenters. The number of nitrogens with zero attached hydrogens (tertiary/aromatic N) is 3. The van der Waals surface area contributed by atoms with Gasteiger partial charge in [-0.2, -0.15) is 9.64 Å². The second kappa shape index (κ2) is 6.84. The predicted octanol–water partition coefficient (Wildman–Crippen LogP) is 1.57. The van der Waals surface area contributed by atoms with Crippen LogP contribution in [0.1, 0.15) is 11.1 Å². The van der Waals surface area contributed by atoms with Gasteiger partial charge in [0.05, 0.1) is 23.4 Å². The number of aliphatic hydroxyl groups excluding tert-OH is 1. The number of benzene rings is 1. The third-order valence-corrected chi connectivity index (χ3v) is 3.12. The Kier molecular flexibility index (Phi) is 4.87. The molecule has 2 aromatic rings. The topological polar surface area (TPSA) is 91.1 Å². The van der Waals surface area contributed by atoms with E-state index in [0.717, 1.165) is 23.0 Å². The van der Waals surface area contributed by atoms with Crippen molar-refractivity contribution in [2.24, 2.45) is 0 Å². The van der Waals surface area contributed by atoms with Crippen LogP contribution in [0.4, 0.5) is 5.69 Å². The molecule has 0 radical (unpaired) electrons. The van der Waals surface area contributed by atoms with Crippen molar-refractivity contribution in [2.45, 2.75) is 13.0 Å². The summed E-state index contributed by atoms with van der Waals surface area (Å²) in [4.78, 5) is 0. The lowest BCUT2D eigenvalue weighted by atomic mass is 10.1. The van der Waals surface area contributed by atoms with Gasteiger partial charge >= 0.3 is 0 Å². The van der Waals surface area contributed by atoms with Gasteiger partial charge in [0, 0.05) is 12.2 Å². The minimum absolute atomic E-state index is 0.134. The maximum atomic E-state index is 9.83. The minimum atomic E-state index is -0.679. The highest BCUT2D eigenvalue weighted by molar-refractivity contribution is 6.99. The number of nitriles is 1. The SMILES string of the molecule is Cc1ccc(C#N)cc1NCC(O)COc1cnsn1. The van der Waals surface area contributed by atoms with E-state index in [4.69, 9.17) is 10.00 Å². The molecule has 1 aromatic carbocycles. The van der Waals surface area contributed by atoms with E-state index in [9.17, 15) is 5.11 Å². The third kappa shape index (κ3) is 3.91. The lowest BCUT2D eigenvalue weighted by Crippen LogP contribution is -2.26. The van der Waals surface area contributed by atoms with E-state index in [1.165, 1.54) is 6.20 Å². The maximum absolute atomic E-state index is 9.83. The fraction of sp³-hybridized carbons (Fsp3) is 0.308. The number of hydrogen-bond donors (Lipinski definition) is 2. The molecule has 0 fully saturated rings. The number of anilines is 1. The third-order valence-electron chi connectivity index (χ3n) is 2.66. The molecule has 0 saturated carbocycles. The number of aromatic nitrogens is 2. The highest BCUT2D eigenvalue weighted by Crippen LogP contribution is 2.16. The van der Waals surface area contributed by atoms with Gasteiger partial charge in [0.15, 0.2) is 0 Å². The van der Waals surface area contributed by atoms with Crippen molar-refractivity contribution in [3.63, 3.8) is 0 Å². The highest BCUT2D eigenvalue weighted by atomic mass is 32.1.